The van der Waals surface area contributed by atoms with Gasteiger partial charge in [-0.15, -0.1) is 0 Å². The van der Waals surface area contributed by atoms with E-state index in [1.165, 1.54) is 0 Å². The monoisotopic (exact) mass is 364 g/mol. The first kappa shape index (κ1) is 19.3. The number of phenolic OH excluding ortho intramolecular Hbond substituents is 1. The first-order valence-electron chi connectivity index (χ1n) is 7.91. The van der Waals surface area contributed by atoms with Gasteiger partial charge in [0.2, 0.25) is 5.17 Å². The highest BCUT2D eigenvalue weighted by Crippen LogP contribution is 2.40. The molecule has 2 rings (SSSR count). The number of phenols is 1. The summed E-state index contributed by atoms with van der Waals surface area (Å²) >= 11 is 1.07. The van der Waals surface area contributed by atoms with Crippen molar-refractivity contribution in [2.75, 3.05) is 0 Å². The van der Waals surface area contributed by atoms with Crippen LogP contribution in [0, 0.1) is 0 Å². The van der Waals surface area contributed by atoms with Gasteiger partial charge in [-0.3, -0.25) is 10.1 Å². The zero-order valence-corrected chi connectivity index (χ0v) is 16.1. The Hall–Kier alpha value is -1.99. The second kappa shape index (κ2) is 6.72. The van der Waals surface area contributed by atoms with Crippen LogP contribution in [0.15, 0.2) is 22.2 Å². The zero-order valence-electron chi connectivity index (χ0n) is 15.3. The van der Waals surface area contributed by atoms with Gasteiger partial charge < -0.3 is 5.11 Å². The van der Waals surface area contributed by atoms with Crippen molar-refractivity contribution in [3.63, 3.8) is 0 Å². The van der Waals surface area contributed by atoms with Crippen LogP contribution in [0.25, 0.3) is 6.08 Å². The molecule has 6 nitrogen and oxygen atoms in total. The Kier molecular flexibility index (Phi) is 5.20. The maximum atomic E-state index is 12.0. The highest BCUT2D eigenvalue weighted by atomic mass is 32.2. The lowest BCUT2D eigenvalue weighted by atomic mass is 9.78. The number of amidine groups is 1. The lowest BCUT2D eigenvalue weighted by Gasteiger charge is -2.28. The molecule has 0 unspecified atom stereocenters. The van der Waals surface area contributed by atoms with E-state index < -0.39 is 0 Å². The molecule has 0 radical (unpaired) electrons. The maximum absolute atomic E-state index is 12.0. The van der Waals surface area contributed by atoms with Gasteiger partial charge in [0, 0.05) is 11.1 Å². The summed E-state index contributed by atoms with van der Waals surface area (Å²) in [4.78, 5) is 16.2. The number of oxime groups is 1. The fourth-order valence-corrected chi connectivity index (χ4v) is 3.30. The molecule has 1 aromatic rings. The first-order valence-corrected chi connectivity index (χ1v) is 8.72. The third-order valence-corrected chi connectivity index (χ3v) is 4.71. The van der Waals surface area contributed by atoms with E-state index in [2.05, 4.69) is 15.5 Å². The number of thioether (sulfide) groups is 1. The summed E-state index contributed by atoms with van der Waals surface area (Å²) in [5, 5.41) is 25.1. The Labute approximate surface area is 151 Å². The normalized spacial score (nSPS) is 18.8. The van der Waals surface area contributed by atoms with Crippen molar-refractivity contribution in [1.29, 1.82) is 0 Å². The Morgan fingerprint density at radius 1 is 1.12 bits per heavy atom. The van der Waals surface area contributed by atoms with Crippen LogP contribution in [-0.4, -0.2) is 21.4 Å². The van der Waals surface area contributed by atoms with E-state index in [4.69, 9.17) is 5.26 Å². The molecular weight excluding hydrogens is 340 g/mol. The van der Waals surface area contributed by atoms with E-state index in [-0.39, 0.29) is 21.9 Å². The van der Waals surface area contributed by atoms with Crippen LogP contribution in [-0.2, 0) is 20.6 Å². The number of nitrogens with zero attached hydrogens (tertiary/aromatic N) is 1. The van der Waals surface area contributed by atoms with E-state index in [9.17, 15) is 9.90 Å². The van der Waals surface area contributed by atoms with Gasteiger partial charge in [-0.05, 0) is 51.5 Å². The second-order valence-corrected chi connectivity index (χ2v) is 9.04. The average molecular weight is 364 g/mol. The maximum Gasteiger partial charge on any atom is 0.264 e. The highest BCUT2D eigenvalue weighted by Gasteiger charge is 2.28. The highest BCUT2D eigenvalue weighted by molar-refractivity contribution is 8.18. The summed E-state index contributed by atoms with van der Waals surface area (Å²) in [6, 6.07) is 3.78. The largest absolute Gasteiger partial charge is 0.507 e. The van der Waals surface area contributed by atoms with E-state index >= 15 is 0 Å². The van der Waals surface area contributed by atoms with Gasteiger partial charge in [0.1, 0.15) is 5.75 Å². The number of rotatable bonds is 2. The number of carbonyl (C=O) groups excluding carboxylic acids is 1. The van der Waals surface area contributed by atoms with Gasteiger partial charge in [-0.1, -0.05) is 41.5 Å². The van der Waals surface area contributed by atoms with Crippen LogP contribution >= 0.6 is 11.8 Å². The second-order valence-electron chi connectivity index (χ2n) is 8.01. The number of benzene rings is 1. The van der Waals surface area contributed by atoms with Crippen LogP contribution in [0.3, 0.4) is 0 Å². The van der Waals surface area contributed by atoms with Crippen molar-refractivity contribution in [2.45, 2.75) is 52.4 Å². The quantitative estimate of drug-likeness (QED) is 0.420. The Morgan fingerprint density at radius 2 is 1.64 bits per heavy atom. The predicted molar refractivity (Wildman–Crippen MR) is 100 cm³/mol. The third kappa shape index (κ3) is 4.35. The predicted octanol–water partition coefficient (Wildman–Crippen LogP) is 3.95. The van der Waals surface area contributed by atoms with Crippen molar-refractivity contribution < 1.29 is 20.1 Å². The van der Waals surface area contributed by atoms with Crippen LogP contribution in [0.1, 0.15) is 58.2 Å². The Morgan fingerprint density at radius 3 is 2.08 bits per heavy atom. The molecule has 7 heteroatoms. The molecule has 1 amide bonds. The summed E-state index contributed by atoms with van der Waals surface area (Å²) < 4.78 is 0. The molecule has 1 aromatic carbocycles. The van der Waals surface area contributed by atoms with Crippen LogP contribution in [0.5, 0.6) is 5.75 Å². The summed E-state index contributed by atoms with van der Waals surface area (Å²) in [6.07, 6.45) is 1.74. The molecule has 0 aromatic heterocycles. The Bertz CT molecular complexity index is 720. The minimum Gasteiger partial charge on any atom is -0.507 e. The van der Waals surface area contributed by atoms with Gasteiger partial charge in [-0.2, -0.15) is 5.26 Å². The number of amides is 1. The van der Waals surface area contributed by atoms with Crippen molar-refractivity contribution >= 4 is 28.9 Å². The van der Waals surface area contributed by atoms with Crippen molar-refractivity contribution in [1.82, 2.24) is 5.32 Å². The fourth-order valence-electron chi connectivity index (χ4n) is 2.54. The average Bonchev–Trinajstić information content (AvgIpc) is 2.78. The first-order chi connectivity index (χ1) is 11.4. The lowest BCUT2D eigenvalue weighted by Crippen LogP contribution is -2.19. The molecule has 0 spiro atoms. The van der Waals surface area contributed by atoms with Gasteiger partial charge in [0.25, 0.3) is 5.91 Å². The molecule has 0 saturated carbocycles. The molecule has 0 bridgehead atoms. The van der Waals surface area contributed by atoms with Gasteiger partial charge in [-0.25, -0.2) is 4.99 Å². The molecule has 1 aliphatic heterocycles. The minimum atomic E-state index is -0.316. The molecule has 1 saturated heterocycles. The van der Waals surface area contributed by atoms with Crippen LogP contribution in [0.4, 0.5) is 0 Å². The van der Waals surface area contributed by atoms with Gasteiger partial charge in [0.05, 0.1) is 4.91 Å². The number of nitrogens with one attached hydrogen (secondary N) is 1. The molecule has 1 heterocycles. The fraction of sp³-hybridized carbons (Fsp3) is 0.444. The summed E-state index contributed by atoms with van der Waals surface area (Å²) in [5.41, 5.74) is 1.96. The molecule has 1 aliphatic rings. The molecule has 3 N–H and O–H groups in total. The van der Waals surface area contributed by atoms with E-state index in [0.29, 0.717) is 10.7 Å². The minimum absolute atomic E-state index is 0.171. The zero-order chi connectivity index (χ0) is 19.0. The van der Waals surface area contributed by atoms with Crippen LogP contribution in [0.2, 0.25) is 0 Å². The lowest BCUT2D eigenvalue weighted by molar-refractivity contribution is -0.242. The van der Waals surface area contributed by atoms with Crippen molar-refractivity contribution in [2.24, 2.45) is 5.16 Å². The third-order valence-electron chi connectivity index (χ3n) is 3.82. The molecule has 0 atom stereocenters. The Balaban J connectivity index is 2.57. The van der Waals surface area contributed by atoms with Gasteiger partial charge >= 0.3 is 0 Å². The molecule has 1 fully saturated rings. The standard InChI is InChI=1S/C18H24N2O4S/c1-17(2,3)11-7-10(8-12(14(11)21)18(4,5)6)9-13-15(22)19-16(25-13)20-24-23/h7-9,21,23H,1-6H3,(H,19,20,22). The van der Waals surface area contributed by atoms with Crippen LogP contribution < -0.4 is 5.32 Å². The molecule has 0 aliphatic carbocycles. The van der Waals surface area contributed by atoms with E-state index in [1.807, 2.05) is 53.7 Å². The topological polar surface area (TPSA) is 91.2 Å². The summed E-state index contributed by atoms with van der Waals surface area (Å²) in [7, 11) is 0. The number of aromatic hydroxyl groups is 1. The number of hydrogen-bond donors (Lipinski definition) is 3. The summed E-state index contributed by atoms with van der Waals surface area (Å²) in [5.74, 6) is -0.0231. The van der Waals surface area contributed by atoms with E-state index in [1.54, 1.807) is 6.08 Å². The van der Waals surface area contributed by atoms with Gasteiger partial charge in [0.15, 0.2) is 0 Å². The smallest absolute Gasteiger partial charge is 0.264 e. The van der Waals surface area contributed by atoms with Crippen molar-refractivity contribution in [3.8, 4) is 5.75 Å². The molecular formula is C18H24N2O4S. The molecule has 25 heavy (non-hydrogen) atoms. The number of carbonyl (C=O) groups is 1. The van der Waals surface area contributed by atoms with Crippen molar-refractivity contribution in [3.05, 3.63) is 33.7 Å². The molecule has 136 valence electrons. The number of hydrogen-bond acceptors (Lipinski definition) is 6. The van der Waals surface area contributed by atoms with E-state index in [0.717, 1.165) is 28.5 Å². The SMILES string of the molecule is CC(C)(C)c1cc(C=C2SC(=NOO)NC2=O)cc(C(C)(C)C)c1O. The summed E-state index contributed by atoms with van der Waals surface area (Å²) in [6.45, 7) is 12.2.